The summed E-state index contributed by atoms with van der Waals surface area (Å²) in [6, 6.07) is 8.73. The minimum absolute atomic E-state index is 0.132. The number of benzene rings is 1. The largest absolute Gasteiger partial charge is 0.463 e. The van der Waals surface area contributed by atoms with Gasteiger partial charge in [-0.1, -0.05) is 24.3 Å². The van der Waals surface area contributed by atoms with Crippen LogP contribution in [0, 0.1) is 12.8 Å². The van der Waals surface area contributed by atoms with Crippen LogP contribution in [0.5, 0.6) is 5.88 Å². The van der Waals surface area contributed by atoms with Gasteiger partial charge in [-0.05, 0) is 70.3 Å². The minimum Gasteiger partial charge on any atom is -0.463 e. The van der Waals surface area contributed by atoms with E-state index >= 15 is 0 Å². The fraction of sp³-hybridized carbons (Fsp3) is 0.480. The van der Waals surface area contributed by atoms with Gasteiger partial charge in [-0.2, -0.15) is 9.97 Å². The quantitative estimate of drug-likeness (QED) is 0.548. The van der Waals surface area contributed by atoms with Crippen LogP contribution in [0.2, 0.25) is 0 Å². The highest BCUT2D eigenvalue weighted by molar-refractivity contribution is 7.02. The van der Waals surface area contributed by atoms with Gasteiger partial charge in [-0.25, -0.2) is 9.98 Å². The van der Waals surface area contributed by atoms with Crippen LogP contribution in [-0.4, -0.2) is 30.6 Å². The molecule has 2 aromatic heterocycles. The van der Waals surface area contributed by atoms with Crippen LogP contribution < -0.4 is 15.3 Å². The van der Waals surface area contributed by atoms with Crippen molar-refractivity contribution in [3.8, 4) is 5.88 Å². The lowest BCUT2D eigenvalue weighted by Crippen LogP contribution is -2.41. The number of fused-ring (bicyclic) bond motifs is 1. The summed E-state index contributed by atoms with van der Waals surface area (Å²) in [6.07, 6.45) is 6.75. The number of nitrogen functional groups attached to an aromatic ring is 1. The number of hydrogen-bond donors (Lipinski definition) is 2. The van der Waals surface area contributed by atoms with Crippen molar-refractivity contribution in [2.75, 3.05) is 5.73 Å². The van der Waals surface area contributed by atoms with Crippen molar-refractivity contribution in [1.82, 2.24) is 19.3 Å². The van der Waals surface area contributed by atoms with Gasteiger partial charge in [0.2, 0.25) is 5.88 Å². The van der Waals surface area contributed by atoms with E-state index in [1.807, 2.05) is 13.8 Å². The Morgan fingerprint density at radius 2 is 1.85 bits per heavy atom. The molecule has 1 fully saturated rings. The van der Waals surface area contributed by atoms with Gasteiger partial charge in [-0.3, -0.25) is 9.17 Å². The van der Waals surface area contributed by atoms with E-state index in [1.54, 1.807) is 6.92 Å². The van der Waals surface area contributed by atoms with Crippen molar-refractivity contribution >= 4 is 28.7 Å². The van der Waals surface area contributed by atoms with Crippen molar-refractivity contribution in [1.29, 1.82) is 0 Å². The highest BCUT2D eigenvalue weighted by Gasteiger charge is 2.35. The molecule has 0 atom stereocenters. The molecule has 9 heteroatoms. The molecule has 3 N–H and O–H groups in total. The normalized spacial score (nSPS) is 21.4. The molecule has 5 rings (SSSR count). The standard InChI is InChI=1S/C25H30N6O2S/c1-14-27-22(26)20-23(28-14)33-25(2,3)21(30-20)18-11-9-17(10-12-18)16-7-4-15(5-8-16)6-13-19-29-24(32)34-31-19/h9-12,15-16H,4-8,13H2,1-3H3,(H2,26,27,28)(H,29,31,32)/t15-,16-. The van der Waals surface area contributed by atoms with Crippen LogP contribution in [0.25, 0.3) is 0 Å². The topological polar surface area (TPSA) is 119 Å². The molecule has 0 saturated heterocycles. The number of anilines is 1. The zero-order valence-electron chi connectivity index (χ0n) is 19.8. The number of H-pyrrole nitrogens is 1. The molecule has 0 bridgehead atoms. The zero-order chi connectivity index (χ0) is 23.9. The number of rotatable bonds is 5. The summed E-state index contributed by atoms with van der Waals surface area (Å²) in [4.78, 5) is 28.5. The number of aromatic nitrogens is 4. The average molecular weight is 479 g/mol. The molecule has 1 aromatic carbocycles. The van der Waals surface area contributed by atoms with E-state index in [0.717, 1.165) is 41.5 Å². The summed E-state index contributed by atoms with van der Waals surface area (Å²) >= 11 is 1.08. The Morgan fingerprint density at radius 1 is 1.12 bits per heavy atom. The third kappa shape index (κ3) is 4.61. The van der Waals surface area contributed by atoms with E-state index in [9.17, 15) is 4.79 Å². The molecule has 8 nitrogen and oxygen atoms in total. The first-order valence-corrected chi connectivity index (χ1v) is 12.7. The van der Waals surface area contributed by atoms with Gasteiger partial charge in [0.25, 0.3) is 0 Å². The van der Waals surface area contributed by atoms with E-state index in [4.69, 9.17) is 15.5 Å². The smallest absolute Gasteiger partial charge is 0.343 e. The Balaban J connectivity index is 1.26. The second-order valence-corrected chi connectivity index (χ2v) is 10.5. The lowest BCUT2D eigenvalue weighted by atomic mass is 9.77. The van der Waals surface area contributed by atoms with Crippen molar-refractivity contribution in [3.63, 3.8) is 0 Å². The lowest BCUT2D eigenvalue weighted by molar-refractivity contribution is 0.171. The Morgan fingerprint density at radius 3 is 2.53 bits per heavy atom. The van der Waals surface area contributed by atoms with E-state index in [0.29, 0.717) is 35.0 Å². The van der Waals surface area contributed by atoms with Crippen LogP contribution >= 0.6 is 11.5 Å². The molecule has 0 spiro atoms. The molecular weight excluding hydrogens is 448 g/mol. The molecule has 0 amide bonds. The molecule has 0 radical (unpaired) electrons. The second-order valence-electron chi connectivity index (χ2n) is 9.79. The molecule has 1 aliphatic carbocycles. The third-order valence-corrected chi connectivity index (χ3v) is 7.51. The van der Waals surface area contributed by atoms with E-state index < -0.39 is 5.60 Å². The first kappa shape index (κ1) is 22.7. The number of aromatic amines is 1. The second kappa shape index (κ2) is 8.94. The summed E-state index contributed by atoms with van der Waals surface area (Å²) in [6.45, 7) is 5.79. The van der Waals surface area contributed by atoms with Gasteiger partial charge in [0, 0.05) is 23.5 Å². The maximum absolute atomic E-state index is 11.2. The third-order valence-electron chi connectivity index (χ3n) is 6.91. The number of nitrogens with two attached hydrogens (primary N) is 1. The molecule has 3 aromatic rings. The van der Waals surface area contributed by atoms with Crippen molar-refractivity contribution in [2.45, 2.75) is 70.8 Å². The highest BCUT2D eigenvalue weighted by Crippen LogP contribution is 2.40. The first-order chi connectivity index (χ1) is 16.3. The average Bonchev–Trinajstić information content (AvgIpc) is 3.22. The molecule has 3 heterocycles. The Bertz CT molecular complexity index is 1270. The van der Waals surface area contributed by atoms with Gasteiger partial charge < -0.3 is 10.5 Å². The molecule has 34 heavy (non-hydrogen) atoms. The SMILES string of the molecule is Cc1nc(N)c2c(n1)OC(C)(C)C(c1ccc([C@H]3CC[C@H](CCc4nc(=O)s[nH]4)CC3)cc1)=N2. The van der Waals surface area contributed by atoms with Gasteiger partial charge >= 0.3 is 4.87 Å². The fourth-order valence-electron chi connectivity index (χ4n) is 5.09. The molecule has 178 valence electrons. The van der Waals surface area contributed by atoms with Gasteiger partial charge in [0.1, 0.15) is 17.2 Å². The maximum Gasteiger partial charge on any atom is 0.343 e. The Kier molecular flexibility index (Phi) is 5.97. The van der Waals surface area contributed by atoms with Crippen molar-refractivity contribution in [3.05, 3.63) is 56.7 Å². The lowest BCUT2D eigenvalue weighted by Gasteiger charge is -2.32. The van der Waals surface area contributed by atoms with Gasteiger partial charge in [0.05, 0.1) is 5.71 Å². The highest BCUT2D eigenvalue weighted by atomic mass is 32.1. The Hall–Kier alpha value is -3.07. The fourth-order valence-corrected chi connectivity index (χ4v) is 5.60. The van der Waals surface area contributed by atoms with E-state index in [2.05, 4.69) is 43.6 Å². The minimum atomic E-state index is -0.624. The molecule has 2 aliphatic rings. The summed E-state index contributed by atoms with van der Waals surface area (Å²) in [5, 5.41) is 0. The number of nitrogens with one attached hydrogen (secondary N) is 1. The van der Waals surface area contributed by atoms with E-state index in [1.165, 1.54) is 31.2 Å². The van der Waals surface area contributed by atoms with Crippen LogP contribution in [0.15, 0.2) is 34.1 Å². The van der Waals surface area contributed by atoms with Gasteiger partial charge in [0.15, 0.2) is 11.5 Å². The molecular formula is C25H30N6O2S. The first-order valence-electron chi connectivity index (χ1n) is 11.9. The molecule has 1 saturated carbocycles. The monoisotopic (exact) mass is 478 g/mol. The number of aryl methyl sites for hydroxylation is 2. The maximum atomic E-state index is 11.2. The molecule has 0 unspecified atom stereocenters. The molecule has 1 aliphatic heterocycles. The summed E-state index contributed by atoms with van der Waals surface area (Å²) in [5.41, 5.74) is 9.20. The Labute approximate surface area is 202 Å². The van der Waals surface area contributed by atoms with Crippen LogP contribution in [-0.2, 0) is 6.42 Å². The van der Waals surface area contributed by atoms with Gasteiger partial charge in [-0.15, -0.1) is 0 Å². The number of aliphatic imine (C=N–C) groups is 1. The summed E-state index contributed by atoms with van der Waals surface area (Å²) in [7, 11) is 0. The van der Waals surface area contributed by atoms with Crippen LogP contribution in [0.1, 0.15) is 74.6 Å². The number of nitrogens with zero attached hydrogens (tertiary/aromatic N) is 4. The van der Waals surface area contributed by atoms with Crippen LogP contribution in [0.4, 0.5) is 11.5 Å². The predicted molar refractivity (Wildman–Crippen MR) is 134 cm³/mol. The predicted octanol–water partition coefficient (Wildman–Crippen LogP) is 4.71. The summed E-state index contributed by atoms with van der Waals surface area (Å²) in [5.74, 6) is 3.46. The number of hydrogen-bond acceptors (Lipinski definition) is 8. The van der Waals surface area contributed by atoms with E-state index in [-0.39, 0.29) is 4.87 Å². The number of ether oxygens (including phenoxy) is 1. The van der Waals surface area contributed by atoms with Crippen LogP contribution in [0.3, 0.4) is 0 Å². The zero-order valence-corrected chi connectivity index (χ0v) is 20.6. The summed E-state index contributed by atoms with van der Waals surface area (Å²) < 4.78 is 9.19. The van der Waals surface area contributed by atoms with Crippen molar-refractivity contribution in [2.24, 2.45) is 10.9 Å². The van der Waals surface area contributed by atoms with Crippen molar-refractivity contribution < 1.29 is 4.74 Å².